The molecule has 6 heteroatoms. The molecule has 0 unspecified atom stereocenters. The van der Waals surface area contributed by atoms with E-state index in [9.17, 15) is 9.18 Å². The van der Waals surface area contributed by atoms with Crippen LogP contribution in [-0.2, 0) is 17.9 Å². The van der Waals surface area contributed by atoms with Crippen molar-refractivity contribution in [3.8, 4) is 11.1 Å². The van der Waals surface area contributed by atoms with Crippen molar-refractivity contribution in [2.75, 3.05) is 11.9 Å². The Hall–Kier alpha value is -2.96. The van der Waals surface area contributed by atoms with Crippen LogP contribution in [0.15, 0.2) is 65.1 Å². The molecular weight excluding hydrogens is 371 g/mol. The lowest BCUT2D eigenvalue weighted by Gasteiger charge is -2.22. The van der Waals surface area contributed by atoms with E-state index in [0.717, 1.165) is 36.3 Å². The maximum absolute atomic E-state index is 13.2. The third-order valence-electron chi connectivity index (χ3n) is 5.21. The highest BCUT2D eigenvalue weighted by molar-refractivity contribution is 5.95. The van der Waals surface area contributed by atoms with Crippen molar-refractivity contribution in [3.05, 3.63) is 78.0 Å². The molecule has 2 N–H and O–H groups in total. The topological polar surface area (TPSA) is 65.7 Å². The van der Waals surface area contributed by atoms with E-state index in [-0.39, 0.29) is 24.4 Å². The first-order valence-electron chi connectivity index (χ1n) is 9.72. The van der Waals surface area contributed by atoms with Crippen LogP contribution in [0.4, 0.5) is 10.1 Å². The molecule has 1 fully saturated rings. The van der Waals surface area contributed by atoms with E-state index in [1.54, 1.807) is 18.2 Å². The number of nitrogens with zero attached hydrogens (tertiary/aromatic N) is 1. The molecule has 4 rings (SSSR count). The van der Waals surface area contributed by atoms with Gasteiger partial charge in [0.25, 0.3) is 0 Å². The Bertz CT molecular complexity index is 984. The number of aliphatic hydroxyl groups excluding tert-OH is 1. The zero-order chi connectivity index (χ0) is 20.2. The fraction of sp³-hybridized carbons (Fsp3) is 0.261. The van der Waals surface area contributed by atoms with Crippen LogP contribution >= 0.6 is 0 Å². The van der Waals surface area contributed by atoms with Gasteiger partial charge in [-0.25, -0.2) is 4.39 Å². The standard InChI is InChI=1S/C23H23FN2O3/c24-18-8-6-16(7-9-18)17-3-1-4-19(13-17)25-23(28)22-5-2-12-26(22)14-20-10-11-21(15-27)29-20/h1,3-4,6-11,13,22,27H,2,5,12,14-15H2,(H,25,28)/t22-/m0/s1. The second-order valence-corrected chi connectivity index (χ2v) is 7.23. The van der Waals surface area contributed by atoms with E-state index < -0.39 is 0 Å². The van der Waals surface area contributed by atoms with Gasteiger partial charge in [0.05, 0.1) is 12.6 Å². The number of rotatable bonds is 6. The number of halogens is 1. The van der Waals surface area contributed by atoms with E-state index in [1.807, 2.05) is 30.3 Å². The number of carbonyl (C=O) groups excluding carboxylic acids is 1. The van der Waals surface area contributed by atoms with Crippen molar-refractivity contribution < 1.29 is 18.7 Å². The number of hydrogen-bond acceptors (Lipinski definition) is 4. The second-order valence-electron chi connectivity index (χ2n) is 7.23. The molecule has 29 heavy (non-hydrogen) atoms. The Morgan fingerprint density at radius 2 is 1.90 bits per heavy atom. The fourth-order valence-corrected chi connectivity index (χ4v) is 3.75. The number of likely N-dealkylation sites (tertiary alicyclic amines) is 1. The molecular formula is C23H23FN2O3. The normalized spacial score (nSPS) is 16.8. The molecule has 0 aliphatic carbocycles. The molecule has 1 amide bonds. The minimum absolute atomic E-state index is 0.0484. The Morgan fingerprint density at radius 1 is 1.10 bits per heavy atom. The van der Waals surface area contributed by atoms with Gasteiger partial charge in [-0.05, 0) is 66.9 Å². The van der Waals surface area contributed by atoms with Crippen molar-refractivity contribution >= 4 is 11.6 Å². The summed E-state index contributed by atoms with van der Waals surface area (Å²) in [7, 11) is 0. The van der Waals surface area contributed by atoms with E-state index in [0.29, 0.717) is 18.0 Å². The number of nitrogens with one attached hydrogen (secondary N) is 1. The summed E-state index contributed by atoms with van der Waals surface area (Å²) >= 11 is 0. The van der Waals surface area contributed by atoms with Crippen LogP contribution in [0.2, 0.25) is 0 Å². The number of anilines is 1. The lowest BCUT2D eigenvalue weighted by molar-refractivity contribution is -0.120. The molecule has 3 aromatic rings. The third kappa shape index (κ3) is 4.55. The average Bonchev–Trinajstić information content (AvgIpc) is 3.38. The first-order chi connectivity index (χ1) is 14.1. The molecule has 0 saturated carbocycles. The van der Waals surface area contributed by atoms with Crippen LogP contribution < -0.4 is 5.32 Å². The van der Waals surface area contributed by atoms with Gasteiger partial charge in [-0.3, -0.25) is 9.69 Å². The number of carbonyl (C=O) groups is 1. The zero-order valence-electron chi connectivity index (χ0n) is 16.0. The molecule has 0 radical (unpaired) electrons. The molecule has 150 valence electrons. The molecule has 1 aliphatic rings. The Morgan fingerprint density at radius 3 is 2.66 bits per heavy atom. The van der Waals surface area contributed by atoms with Gasteiger partial charge in [0, 0.05) is 5.69 Å². The summed E-state index contributed by atoms with van der Waals surface area (Å²) in [6.45, 7) is 1.23. The predicted molar refractivity (Wildman–Crippen MR) is 109 cm³/mol. The highest BCUT2D eigenvalue weighted by atomic mass is 19.1. The first-order valence-corrected chi connectivity index (χ1v) is 9.72. The summed E-state index contributed by atoms with van der Waals surface area (Å²) in [6.07, 6.45) is 1.73. The Balaban J connectivity index is 1.44. The molecule has 1 saturated heterocycles. The van der Waals surface area contributed by atoms with E-state index >= 15 is 0 Å². The van der Waals surface area contributed by atoms with Gasteiger partial charge in [-0.2, -0.15) is 0 Å². The van der Waals surface area contributed by atoms with Crippen LogP contribution in [0.3, 0.4) is 0 Å². The second kappa shape index (κ2) is 8.59. The van der Waals surface area contributed by atoms with E-state index in [4.69, 9.17) is 9.52 Å². The summed E-state index contributed by atoms with van der Waals surface area (Å²) in [6, 6.07) is 17.2. The first kappa shape index (κ1) is 19.4. The molecule has 1 aliphatic heterocycles. The zero-order valence-corrected chi connectivity index (χ0v) is 16.0. The summed E-state index contributed by atoms with van der Waals surface area (Å²) in [5, 5.41) is 12.2. The van der Waals surface area contributed by atoms with Gasteiger partial charge >= 0.3 is 0 Å². The maximum Gasteiger partial charge on any atom is 0.241 e. The third-order valence-corrected chi connectivity index (χ3v) is 5.21. The Labute approximate surface area is 168 Å². The van der Waals surface area contributed by atoms with Crippen LogP contribution in [-0.4, -0.2) is 28.5 Å². The summed E-state index contributed by atoms with van der Waals surface area (Å²) in [5.41, 5.74) is 2.52. The molecule has 2 aromatic carbocycles. The van der Waals surface area contributed by atoms with Gasteiger partial charge in [-0.1, -0.05) is 24.3 Å². The van der Waals surface area contributed by atoms with Gasteiger partial charge in [0.15, 0.2) is 0 Å². The number of aliphatic hydroxyl groups is 1. The SMILES string of the molecule is O=C(Nc1cccc(-c2ccc(F)cc2)c1)[C@@H]1CCCN1Cc1ccc(CO)o1. The molecule has 2 heterocycles. The van der Waals surface area contributed by atoms with Crippen LogP contribution in [0.1, 0.15) is 24.4 Å². The minimum atomic E-state index is -0.276. The van der Waals surface area contributed by atoms with Gasteiger partial charge in [-0.15, -0.1) is 0 Å². The van der Waals surface area contributed by atoms with Gasteiger partial charge < -0.3 is 14.8 Å². The molecule has 0 spiro atoms. The predicted octanol–water partition coefficient (Wildman–Crippen LogP) is 4.18. The number of amides is 1. The van der Waals surface area contributed by atoms with Gasteiger partial charge in [0.1, 0.15) is 23.9 Å². The number of benzene rings is 2. The number of hydrogen-bond donors (Lipinski definition) is 2. The van der Waals surface area contributed by atoms with Crippen molar-refractivity contribution in [1.29, 1.82) is 0 Å². The smallest absolute Gasteiger partial charge is 0.241 e. The highest BCUT2D eigenvalue weighted by Gasteiger charge is 2.31. The molecule has 1 aromatic heterocycles. The van der Waals surface area contributed by atoms with Gasteiger partial charge in [0.2, 0.25) is 5.91 Å². The van der Waals surface area contributed by atoms with Crippen molar-refractivity contribution in [2.24, 2.45) is 0 Å². The van der Waals surface area contributed by atoms with E-state index in [2.05, 4.69) is 10.2 Å². The number of furan rings is 1. The van der Waals surface area contributed by atoms with Crippen molar-refractivity contribution in [2.45, 2.75) is 32.0 Å². The largest absolute Gasteiger partial charge is 0.462 e. The van der Waals surface area contributed by atoms with E-state index in [1.165, 1.54) is 12.1 Å². The summed E-state index contributed by atoms with van der Waals surface area (Å²) < 4.78 is 18.7. The van der Waals surface area contributed by atoms with Crippen LogP contribution in [0.25, 0.3) is 11.1 Å². The highest BCUT2D eigenvalue weighted by Crippen LogP contribution is 2.25. The molecule has 0 bridgehead atoms. The van der Waals surface area contributed by atoms with Crippen molar-refractivity contribution in [3.63, 3.8) is 0 Å². The van der Waals surface area contributed by atoms with Crippen LogP contribution in [0.5, 0.6) is 0 Å². The van der Waals surface area contributed by atoms with Crippen LogP contribution in [0, 0.1) is 5.82 Å². The van der Waals surface area contributed by atoms with Crippen molar-refractivity contribution in [1.82, 2.24) is 4.90 Å². The Kier molecular flexibility index (Phi) is 5.74. The monoisotopic (exact) mass is 394 g/mol. The maximum atomic E-state index is 13.2. The molecule has 1 atom stereocenters. The lowest BCUT2D eigenvalue weighted by Crippen LogP contribution is -2.39. The minimum Gasteiger partial charge on any atom is -0.462 e. The molecule has 5 nitrogen and oxygen atoms in total. The quantitative estimate of drug-likeness (QED) is 0.658. The fourth-order valence-electron chi connectivity index (χ4n) is 3.75. The average molecular weight is 394 g/mol. The summed E-state index contributed by atoms with van der Waals surface area (Å²) in [4.78, 5) is 15.0. The lowest BCUT2D eigenvalue weighted by atomic mass is 10.0. The summed E-state index contributed by atoms with van der Waals surface area (Å²) in [5.74, 6) is 0.944.